The molecule has 104 valence electrons. The molecule has 0 spiro atoms. The summed E-state index contributed by atoms with van der Waals surface area (Å²) in [5.41, 5.74) is 2.22. The summed E-state index contributed by atoms with van der Waals surface area (Å²) in [7, 11) is 1.67. The SMILES string of the molecule is COCC(CCO)NCc1c[nH]c2cc(Cl)ccc12. The molecule has 1 aromatic carbocycles. The first-order valence-electron chi connectivity index (χ1n) is 6.33. The third-order valence-electron chi connectivity index (χ3n) is 3.16. The van der Waals surface area contributed by atoms with E-state index in [0.717, 1.165) is 22.5 Å². The van der Waals surface area contributed by atoms with Crippen LogP contribution in [0.3, 0.4) is 0 Å². The molecule has 1 atom stereocenters. The van der Waals surface area contributed by atoms with Crippen LogP contribution in [0.4, 0.5) is 0 Å². The highest BCUT2D eigenvalue weighted by atomic mass is 35.5. The van der Waals surface area contributed by atoms with Crippen LogP contribution in [-0.2, 0) is 11.3 Å². The molecule has 1 heterocycles. The van der Waals surface area contributed by atoms with Crippen LogP contribution in [0.25, 0.3) is 10.9 Å². The molecule has 1 aromatic heterocycles. The summed E-state index contributed by atoms with van der Waals surface area (Å²) in [6, 6.07) is 5.98. The average molecular weight is 283 g/mol. The highest BCUT2D eigenvalue weighted by Crippen LogP contribution is 2.22. The van der Waals surface area contributed by atoms with Gasteiger partial charge in [0.05, 0.1) is 6.61 Å². The molecule has 2 aromatic rings. The van der Waals surface area contributed by atoms with Crippen LogP contribution in [0.5, 0.6) is 0 Å². The first-order chi connectivity index (χ1) is 9.24. The van der Waals surface area contributed by atoms with E-state index >= 15 is 0 Å². The average Bonchev–Trinajstić information content (AvgIpc) is 2.78. The minimum Gasteiger partial charge on any atom is -0.396 e. The fourth-order valence-electron chi connectivity index (χ4n) is 2.16. The molecule has 0 aliphatic rings. The summed E-state index contributed by atoms with van der Waals surface area (Å²) in [5, 5.41) is 14.3. The fraction of sp³-hybridized carbons (Fsp3) is 0.429. The van der Waals surface area contributed by atoms with E-state index in [9.17, 15) is 0 Å². The van der Waals surface area contributed by atoms with Crippen molar-refractivity contribution in [1.82, 2.24) is 10.3 Å². The number of benzene rings is 1. The van der Waals surface area contributed by atoms with Crippen molar-refractivity contribution in [3.8, 4) is 0 Å². The highest BCUT2D eigenvalue weighted by Gasteiger charge is 2.09. The number of hydrogen-bond donors (Lipinski definition) is 3. The van der Waals surface area contributed by atoms with Crippen molar-refractivity contribution in [3.63, 3.8) is 0 Å². The maximum absolute atomic E-state index is 9.01. The standard InChI is InChI=1S/C14H19ClN2O2/c1-19-9-12(4-5-18)16-7-10-8-17-14-6-11(15)2-3-13(10)14/h2-3,6,8,12,16-18H,4-5,7,9H2,1H3. The van der Waals surface area contributed by atoms with Crippen molar-refractivity contribution in [2.45, 2.75) is 19.0 Å². The maximum atomic E-state index is 9.01. The zero-order valence-electron chi connectivity index (χ0n) is 10.9. The minimum absolute atomic E-state index is 0.157. The first kappa shape index (κ1) is 14.3. The van der Waals surface area contributed by atoms with Crippen molar-refractivity contribution >= 4 is 22.5 Å². The fourth-order valence-corrected chi connectivity index (χ4v) is 2.33. The van der Waals surface area contributed by atoms with Crippen LogP contribution in [0, 0.1) is 0 Å². The zero-order chi connectivity index (χ0) is 13.7. The van der Waals surface area contributed by atoms with Crippen LogP contribution >= 0.6 is 11.6 Å². The van der Waals surface area contributed by atoms with Gasteiger partial charge in [0.1, 0.15) is 0 Å². The number of halogens is 1. The third kappa shape index (κ3) is 3.70. The molecule has 0 saturated carbocycles. The van der Waals surface area contributed by atoms with Gasteiger partial charge in [-0.1, -0.05) is 17.7 Å². The number of aromatic amines is 1. The third-order valence-corrected chi connectivity index (χ3v) is 3.39. The van der Waals surface area contributed by atoms with Gasteiger partial charge < -0.3 is 20.1 Å². The van der Waals surface area contributed by atoms with Crippen molar-refractivity contribution < 1.29 is 9.84 Å². The summed E-state index contributed by atoms with van der Waals surface area (Å²) in [5.74, 6) is 0. The smallest absolute Gasteiger partial charge is 0.0616 e. The lowest BCUT2D eigenvalue weighted by atomic mass is 10.1. The topological polar surface area (TPSA) is 57.3 Å². The number of nitrogens with one attached hydrogen (secondary N) is 2. The molecule has 0 bridgehead atoms. The Hall–Kier alpha value is -1.07. The largest absolute Gasteiger partial charge is 0.396 e. The summed E-state index contributed by atoms with van der Waals surface area (Å²) < 4.78 is 5.13. The van der Waals surface area contributed by atoms with Crippen molar-refractivity contribution in [2.75, 3.05) is 20.3 Å². The van der Waals surface area contributed by atoms with Crippen molar-refractivity contribution in [2.24, 2.45) is 0 Å². The lowest BCUT2D eigenvalue weighted by Gasteiger charge is -2.16. The molecule has 5 heteroatoms. The van der Waals surface area contributed by atoms with E-state index in [1.807, 2.05) is 24.4 Å². The highest BCUT2D eigenvalue weighted by molar-refractivity contribution is 6.31. The van der Waals surface area contributed by atoms with E-state index in [0.29, 0.717) is 13.0 Å². The van der Waals surface area contributed by atoms with E-state index < -0.39 is 0 Å². The Labute approximate surface area is 117 Å². The second-order valence-corrected chi connectivity index (χ2v) is 4.99. The molecule has 4 nitrogen and oxygen atoms in total. The molecular weight excluding hydrogens is 264 g/mol. The number of aliphatic hydroxyl groups excluding tert-OH is 1. The summed E-state index contributed by atoms with van der Waals surface area (Å²) in [6.45, 7) is 1.48. The second-order valence-electron chi connectivity index (χ2n) is 4.55. The van der Waals surface area contributed by atoms with Gasteiger partial charge >= 0.3 is 0 Å². The molecule has 0 aliphatic heterocycles. The number of aromatic nitrogens is 1. The van der Waals surface area contributed by atoms with Gasteiger partial charge in [0, 0.05) is 48.4 Å². The van der Waals surface area contributed by atoms with E-state index in [1.54, 1.807) is 7.11 Å². The second kappa shape index (κ2) is 6.91. The molecule has 0 radical (unpaired) electrons. The molecule has 1 unspecified atom stereocenters. The van der Waals surface area contributed by atoms with Crippen LogP contribution < -0.4 is 5.32 Å². The van der Waals surface area contributed by atoms with Gasteiger partial charge in [0.15, 0.2) is 0 Å². The minimum atomic E-state index is 0.157. The van der Waals surface area contributed by atoms with Gasteiger partial charge in [-0.2, -0.15) is 0 Å². The van der Waals surface area contributed by atoms with Crippen LogP contribution in [-0.4, -0.2) is 36.5 Å². The van der Waals surface area contributed by atoms with Crippen molar-refractivity contribution in [1.29, 1.82) is 0 Å². The number of methoxy groups -OCH3 is 1. The van der Waals surface area contributed by atoms with Gasteiger partial charge in [-0.3, -0.25) is 0 Å². The Morgan fingerprint density at radius 2 is 2.32 bits per heavy atom. The van der Waals surface area contributed by atoms with Gasteiger partial charge in [0.25, 0.3) is 0 Å². The van der Waals surface area contributed by atoms with E-state index in [4.69, 9.17) is 21.4 Å². The maximum Gasteiger partial charge on any atom is 0.0616 e. The van der Waals surface area contributed by atoms with E-state index in [1.165, 1.54) is 5.56 Å². The Kier molecular flexibility index (Phi) is 5.22. The number of H-pyrrole nitrogens is 1. The molecule has 3 N–H and O–H groups in total. The predicted octanol–water partition coefficient (Wildman–Crippen LogP) is 2.31. The number of hydrogen-bond acceptors (Lipinski definition) is 3. The van der Waals surface area contributed by atoms with Crippen LogP contribution in [0.1, 0.15) is 12.0 Å². The summed E-state index contributed by atoms with van der Waals surface area (Å²) in [4.78, 5) is 3.21. The first-order valence-corrected chi connectivity index (χ1v) is 6.71. The Balaban J connectivity index is 2.04. The molecule has 2 rings (SSSR count). The van der Waals surface area contributed by atoms with Gasteiger partial charge in [-0.15, -0.1) is 0 Å². The van der Waals surface area contributed by atoms with Crippen LogP contribution in [0.2, 0.25) is 5.02 Å². The Morgan fingerprint density at radius 3 is 3.05 bits per heavy atom. The van der Waals surface area contributed by atoms with Gasteiger partial charge in [0.2, 0.25) is 0 Å². The normalized spacial score (nSPS) is 13.0. The lowest BCUT2D eigenvalue weighted by Crippen LogP contribution is -2.33. The summed E-state index contributed by atoms with van der Waals surface area (Å²) >= 11 is 5.96. The molecule has 0 amide bonds. The molecule has 0 saturated heterocycles. The zero-order valence-corrected chi connectivity index (χ0v) is 11.7. The quantitative estimate of drug-likeness (QED) is 0.730. The van der Waals surface area contributed by atoms with Gasteiger partial charge in [-0.25, -0.2) is 0 Å². The monoisotopic (exact) mass is 282 g/mol. The number of fused-ring (bicyclic) bond motifs is 1. The Bertz CT molecular complexity index is 521. The number of rotatable bonds is 7. The van der Waals surface area contributed by atoms with Gasteiger partial charge in [-0.05, 0) is 24.1 Å². The van der Waals surface area contributed by atoms with E-state index in [-0.39, 0.29) is 12.6 Å². The van der Waals surface area contributed by atoms with Crippen molar-refractivity contribution in [3.05, 3.63) is 35.0 Å². The summed E-state index contributed by atoms with van der Waals surface area (Å²) in [6.07, 6.45) is 2.67. The lowest BCUT2D eigenvalue weighted by molar-refractivity contribution is 0.148. The number of ether oxygens (including phenoxy) is 1. The Morgan fingerprint density at radius 1 is 1.47 bits per heavy atom. The molecule has 0 fully saturated rings. The molecular formula is C14H19ClN2O2. The van der Waals surface area contributed by atoms with E-state index in [2.05, 4.69) is 10.3 Å². The number of aliphatic hydroxyl groups is 1. The predicted molar refractivity (Wildman–Crippen MR) is 77.5 cm³/mol. The molecule has 19 heavy (non-hydrogen) atoms. The van der Waals surface area contributed by atoms with Crippen LogP contribution in [0.15, 0.2) is 24.4 Å². The molecule has 0 aliphatic carbocycles.